The predicted molar refractivity (Wildman–Crippen MR) is 119 cm³/mol. The smallest absolute Gasteiger partial charge is 0.237 e. The number of anilines is 1. The Kier molecular flexibility index (Phi) is 6.88. The molecule has 0 bridgehead atoms. The first-order valence-electron chi connectivity index (χ1n) is 9.88. The molecule has 160 valence electrons. The maximum atomic E-state index is 13.0. The standard InChI is InChI=1S/C22H26N2O4S2/c1-4-24(13-17-8-6-5-7-9-17)22(26)15(2)14-30(27,28)18-10-11-20-19(12-18)23-21(25)16(3)29-20/h5-12,15-16H,4,13-14H2,1-3H3,(H,23,25)/t15-,16-/m0/s1. The van der Waals surface area contributed by atoms with Crippen LogP contribution < -0.4 is 5.32 Å². The van der Waals surface area contributed by atoms with E-state index in [4.69, 9.17) is 0 Å². The first-order valence-corrected chi connectivity index (χ1v) is 12.4. The Morgan fingerprint density at radius 2 is 1.90 bits per heavy atom. The second-order valence-corrected chi connectivity index (χ2v) is 10.8. The second-order valence-electron chi connectivity index (χ2n) is 7.43. The van der Waals surface area contributed by atoms with Crippen LogP contribution in [0.4, 0.5) is 5.69 Å². The van der Waals surface area contributed by atoms with Gasteiger partial charge in [-0.3, -0.25) is 9.59 Å². The van der Waals surface area contributed by atoms with Crippen LogP contribution in [0.2, 0.25) is 0 Å². The summed E-state index contributed by atoms with van der Waals surface area (Å²) in [7, 11) is -3.69. The van der Waals surface area contributed by atoms with Crippen LogP contribution in [0.3, 0.4) is 0 Å². The van der Waals surface area contributed by atoms with Gasteiger partial charge in [-0.25, -0.2) is 8.42 Å². The molecule has 8 heteroatoms. The Hall–Kier alpha value is -2.32. The van der Waals surface area contributed by atoms with Crippen molar-refractivity contribution in [3.05, 3.63) is 54.1 Å². The van der Waals surface area contributed by atoms with Crippen molar-refractivity contribution in [1.29, 1.82) is 0 Å². The van der Waals surface area contributed by atoms with Crippen molar-refractivity contribution >= 4 is 39.1 Å². The summed E-state index contributed by atoms with van der Waals surface area (Å²) in [6.07, 6.45) is 0. The summed E-state index contributed by atoms with van der Waals surface area (Å²) in [5.74, 6) is -1.31. The number of thioether (sulfide) groups is 1. The monoisotopic (exact) mass is 446 g/mol. The van der Waals surface area contributed by atoms with Crippen molar-refractivity contribution in [1.82, 2.24) is 4.90 Å². The predicted octanol–water partition coefficient (Wildman–Crippen LogP) is 3.58. The third-order valence-corrected chi connectivity index (χ3v) is 8.13. The third-order valence-electron chi connectivity index (χ3n) is 5.04. The molecular formula is C22H26N2O4S2. The molecule has 30 heavy (non-hydrogen) atoms. The van der Waals surface area contributed by atoms with Gasteiger partial charge >= 0.3 is 0 Å². The first-order chi connectivity index (χ1) is 14.2. The highest BCUT2D eigenvalue weighted by Crippen LogP contribution is 2.37. The summed E-state index contributed by atoms with van der Waals surface area (Å²) in [4.78, 5) is 27.4. The van der Waals surface area contributed by atoms with E-state index in [9.17, 15) is 18.0 Å². The summed E-state index contributed by atoms with van der Waals surface area (Å²) < 4.78 is 25.9. The van der Waals surface area contributed by atoms with Crippen LogP contribution >= 0.6 is 11.8 Å². The number of hydrogen-bond acceptors (Lipinski definition) is 5. The van der Waals surface area contributed by atoms with Crippen molar-refractivity contribution in [3.63, 3.8) is 0 Å². The van der Waals surface area contributed by atoms with E-state index >= 15 is 0 Å². The highest BCUT2D eigenvalue weighted by atomic mass is 32.2. The van der Waals surface area contributed by atoms with Crippen LogP contribution in [0.15, 0.2) is 58.3 Å². The van der Waals surface area contributed by atoms with Gasteiger partial charge in [-0.15, -0.1) is 11.8 Å². The maximum absolute atomic E-state index is 13.0. The van der Waals surface area contributed by atoms with Gasteiger partial charge in [-0.05, 0) is 37.6 Å². The summed E-state index contributed by atoms with van der Waals surface area (Å²) in [6, 6.07) is 14.4. The molecule has 0 spiro atoms. The average Bonchev–Trinajstić information content (AvgIpc) is 2.72. The first kappa shape index (κ1) is 22.4. The number of nitrogens with zero attached hydrogens (tertiary/aromatic N) is 1. The molecule has 2 aromatic carbocycles. The van der Waals surface area contributed by atoms with Crippen LogP contribution in [0.1, 0.15) is 26.3 Å². The van der Waals surface area contributed by atoms with Gasteiger partial charge in [0.05, 0.1) is 21.6 Å². The fraction of sp³-hybridized carbons (Fsp3) is 0.364. The van der Waals surface area contributed by atoms with E-state index in [0.29, 0.717) is 18.8 Å². The topological polar surface area (TPSA) is 83.6 Å². The van der Waals surface area contributed by atoms with E-state index < -0.39 is 15.8 Å². The van der Waals surface area contributed by atoms with Crippen LogP contribution in [0, 0.1) is 5.92 Å². The zero-order valence-corrected chi connectivity index (χ0v) is 18.9. The fourth-order valence-corrected chi connectivity index (χ4v) is 5.84. The fourth-order valence-electron chi connectivity index (χ4n) is 3.34. The second kappa shape index (κ2) is 9.22. The van der Waals surface area contributed by atoms with Crippen LogP contribution in [-0.2, 0) is 26.0 Å². The Morgan fingerprint density at radius 1 is 1.20 bits per heavy atom. The zero-order chi connectivity index (χ0) is 21.9. The Morgan fingerprint density at radius 3 is 2.57 bits per heavy atom. The highest BCUT2D eigenvalue weighted by molar-refractivity contribution is 8.01. The number of hydrogen-bond donors (Lipinski definition) is 1. The molecule has 1 N–H and O–H groups in total. The van der Waals surface area contributed by atoms with Gasteiger partial charge in [-0.2, -0.15) is 0 Å². The van der Waals surface area contributed by atoms with Crippen molar-refractivity contribution in [2.75, 3.05) is 17.6 Å². The number of amides is 2. The van der Waals surface area contributed by atoms with E-state index in [0.717, 1.165) is 10.5 Å². The molecule has 1 heterocycles. The Labute approximate surface area is 182 Å². The largest absolute Gasteiger partial charge is 0.338 e. The molecule has 0 fully saturated rings. The van der Waals surface area contributed by atoms with Crippen LogP contribution in [0.25, 0.3) is 0 Å². The molecule has 3 rings (SSSR count). The molecule has 0 saturated carbocycles. The number of carbonyl (C=O) groups is 2. The lowest BCUT2D eigenvalue weighted by Gasteiger charge is -2.25. The molecule has 0 saturated heterocycles. The zero-order valence-electron chi connectivity index (χ0n) is 17.3. The third kappa shape index (κ3) is 5.05. The van der Waals surface area contributed by atoms with Gasteiger partial charge in [0.2, 0.25) is 11.8 Å². The van der Waals surface area contributed by atoms with E-state index in [-0.39, 0.29) is 27.7 Å². The minimum absolute atomic E-state index is 0.113. The highest BCUT2D eigenvalue weighted by Gasteiger charge is 2.29. The molecule has 6 nitrogen and oxygen atoms in total. The van der Waals surface area contributed by atoms with Gasteiger partial charge in [0.15, 0.2) is 9.84 Å². The molecule has 2 atom stereocenters. The molecule has 0 unspecified atom stereocenters. The minimum Gasteiger partial charge on any atom is -0.338 e. The molecular weight excluding hydrogens is 420 g/mol. The van der Waals surface area contributed by atoms with Crippen LogP contribution in [0.5, 0.6) is 0 Å². The van der Waals surface area contributed by atoms with Crippen molar-refractivity contribution in [2.24, 2.45) is 5.92 Å². The van der Waals surface area contributed by atoms with Gasteiger partial charge in [0.25, 0.3) is 0 Å². The van der Waals surface area contributed by atoms with Gasteiger partial charge in [-0.1, -0.05) is 37.3 Å². The Balaban J connectivity index is 1.73. The SMILES string of the molecule is CCN(Cc1ccccc1)C(=O)[C@@H](C)CS(=O)(=O)c1ccc2c(c1)NC(=O)[C@H](C)S2. The van der Waals surface area contributed by atoms with Gasteiger partial charge in [0, 0.05) is 23.9 Å². The summed E-state index contributed by atoms with van der Waals surface area (Å²) in [5.41, 5.74) is 1.50. The molecule has 1 aliphatic rings. The minimum atomic E-state index is -3.69. The van der Waals surface area contributed by atoms with Gasteiger partial charge in [0.1, 0.15) is 0 Å². The molecule has 2 amide bonds. The lowest BCUT2D eigenvalue weighted by molar-refractivity contribution is -0.134. The number of rotatable bonds is 7. The van der Waals surface area contributed by atoms with E-state index in [1.165, 1.54) is 17.8 Å². The van der Waals surface area contributed by atoms with Crippen molar-refractivity contribution in [2.45, 2.75) is 42.4 Å². The molecule has 1 aliphatic heterocycles. The molecule has 0 aliphatic carbocycles. The Bertz CT molecular complexity index is 1040. The normalized spacial score (nSPS) is 17.0. The summed E-state index contributed by atoms with van der Waals surface area (Å²) >= 11 is 1.40. The molecule has 2 aromatic rings. The maximum Gasteiger partial charge on any atom is 0.237 e. The number of nitrogens with one attached hydrogen (secondary N) is 1. The molecule has 0 radical (unpaired) electrons. The van der Waals surface area contributed by atoms with E-state index in [2.05, 4.69) is 5.32 Å². The van der Waals surface area contributed by atoms with Crippen molar-refractivity contribution < 1.29 is 18.0 Å². The lowest BCUT2D eigenvalue weighted by Crippen LogP contribution is -2.37. The number of carbonyl (C=O) groups excluding carboxylic acids is 2. The number of benzene rings is 2. The lowest BCUT2D eigenvalue weighted by atomic mass is 10.1. The van der Waals surface area contributed by atoms with Crippen LogP contribution in [-0.4, -0.2) is 42.7 Å². The molecule has 0 aromatic heterocycles. The summed E-state index contributed by atoms with van der Waals surface area (Å²) in [5, 5.41) is 2.53. The van der Waals surface area contributed by atoms with E-state index in [1.54, 1.807) is 30.9 Å². The number of sulfone groups is 1. The average molecular weight is 447 g/mol. The number of fused-ring (bicyclic) bond motifs is 1. The quantitative estimate of drug-likeness (QED) is 0.703. The van der Waals surface area contributed by atoms with Gasteiger partial charge < -0.3 is 10.2 Å². The van der Waals surface area contributed by atoms with E-state index in [1.807, 2.05) is 37.3 Å². The van der Waals surface area contributed by atoms with Crippen molar-refractivity contribution in [3.8, 4) is 0 Å². The summed E-state index contributed by atoms with van der Waals surface area (Å²) in [6.45, 7) is 6.27.